The summed E-state index contributed by atoms with van der Waals surface area (Å²) in [6.45, 7) is 5.43. The highest BCUT2D eigenvalue weighted by Gasteiger charge is 2.47. The molecule has 0 radical (unpaired) electrons. The van der Waals surface area contributed by atoms with Crippen molar-refractivity contribution in [1.29, 1.82) is 0 Å². The van der Waals surface area contributed by atoms with Gasteiger partial charge in [-0.2, -0.15) is 10.1 Å². The Bertz CT molecular complexity index is 1030. The molecule has 0 aliphatic carbocycles. The fourth-order valence-electron chi connectivity index (χ4n) is 3.73. The summed E-state index contributed by atoms with van der Waals surface area (Å²) in [7, 11) is -4.17. The van der Waals surface area contributed by atoms with Crippen LogP contribution >= 0.6 is 19.5 Å². The molecule has 6 N–H and O–H groups in total. The van der Waals surface area contributed by atoms with Crippen LogP contribution in [0.3, 0.4) is 0 Å². The van der Waals surface area contributed by atoms with E-state index >= 15 is 0 Å². The number of carbonyl (C=O) groups excluding carboxylic acids is 1. The Morgan fingerprint density at radius 2 is 1.89 bits per heavy atom. The monoisotopic (exact) mass is 573 g/mol. The number of benzene rings is 1. The first-order valence-corrected chi connectivity index (χ1v) is 14.8. The van der Waals surface area contributed by atoms with Crippen molar-refractivity contribution in [2.75, 3.05) is 13.2 Å². The summed E-state index contributed by atoms with van der Waals surface area (Å²) >= 11 is 1.07. The number of nitrogens with zero attached hydrogens (tertiary/aromatic N) is 3. The molecule has 1 aromatic carbocycles. The highest BCUT2D eigenvalue weighted by atomic mass is 32.2. The van der Waals surface area contributed by atoms with Crippen LogP contribution in [-0.4, -0.2) is 86.9 Å². The third-order valence-electron chi connectivity index (χ3n) is 6.17. The molecule has 0 spiro atoms. The molecule has 0 aromatic heterocycles. The second-order valence-corrected chi connectivity index (χ2v) is 12.0. The topological polar surface area (TPSA) is 189 Å². The van der Waals surface area contributed by atoms with E-state index in [1.165, 1.54) is 18.2 Å². The van der Waals surface area contributed by atoms with Gasteiger partial charge in [-0.05, 0) is 25.0 Å². The number of aliphatic hydroxyl groups is 3. The van der Waals surface area contributed by atoms with Gasteiger partial charge in [0.1, 0.15) is 23.3 Å². The van der Waals surface area contributed by atoms with Crippen molar-refractivity contribution >= 4 is 37.8 Å². The standard InChI is InChI=1S/C23H36N5O8PS/c1-4-15(5-2)11-34-21(31)14(3)27-37(33,36-16-9-7-6-8-10-16)35-12-17-18(29)19(30)20(38-17)28-13-25-22(24)26-23(28)32/h6-10,13-15,17-20,23,29-30,32H,4-5,11-12H2,1-3H3,(H2,24,26)(H,27,33)/t14-,17+,18-,19?,20+,23?,37?/m0/s1. The molecule has 13 nitrogen and oxygen atoms in total. The van der Waals surface area contributed by atoms with Gasteiger partial charge < -0.3 is 35.2 Å². The van der Waals surface area contributed by atoms with E-state index in [0.717, 1.165) is 24.6 Å². The molecular formula is C23H36N5O8PS. The number of hydrogen-bond acceptors (Lipinski definition) is 13. The van der Waals surface area contributed by atoms with E-state index in [-0.39, 0.29) is 30.8 Å². The van der Waals surface area contributed by atoms with Crippen LogP contribution in [0.25, 0.3) is 0 Å². The van der Waals surface area contributed by atoms with Crippen LogP contribution in [-0.2, 0) is 18.6 Å². The lowest BCUT2D eigenvalue weighted by Gasteiger charge is -2.32. The largest absolute Gasteiger partial charge is 0.464 e. The van der Waals surface area contributed by atoms with Crippen molar-refractivity contribution < 1.29 is 38.5 Å². The van der Waals surface area contributed by atoms with Gasteiger partial charge in [-0.3, -0.25) is 9.32 Å². The number of thioether (sulfide) groups is 1. The number of aliphatic imine (C=N–C) groups is 2. The van der Waals surface area contributed by atoms with Gasteiger partial charge in [-0.25, -0.2) is 9.56 Å². The van der Waals surface area contributed by atoms with Crippen LogP contribution in [0.2, 0.25) is 0 Å². The van der Waals surface area contributed by atoms with Crippen LogP contribution in [0.4, 0.5) is 0 Å². The molecule has 1 fully saturated rings. The molecule has 0 amide bonds. The second kappa shape index (κ2) is 13.7. The Balaban J connectivity index is 1.68. The van der Waals surface area contributed by atoms with Crippen molar-refractivity contribution in [3.63, 3.8) is 0 Å². The van der Waals surface area contributed by atoms with Crippen LogP contribution in [0, 0.1) is 5.92 Å². The lowest BCUT2D eigenvalue weighted by atomic mass is 10.1. The zero-order valence-electron chi connectivity index (χ0n) is 21.5. The van der Waals surface area contributed by atoms with E-state index in [1.54, 1.807) is 30.3 Å². The predicted molar refractivity (Wildman–Crippen MR) is 143 cm³/mol. The highest BCUT2D eigenvalue weighted by molar-refractivity contribution is 8.00. The third-order valence-corrected chi connectivity index (χ3v) is 9.38. The molecule has 38 heavy (non-hydrogen) atoms. The minimum absolute atomic E-state index is 0.121. The summed E-state index contributed by atoms with van der Waals surface area (Å²) in [5, 5.41) is 32.4. The maximum absolute atomic E-state index is 13.7. The molecule has 0 bridgehead atoms. The molecule has 2 aliphatic rings. The number of nitrogens with two attached hydrogens (primary N) is 1. The lowest BCUT2D eigenvalue weighted by Crippen LogP contribution is -2.48. The molecule has 0 saturated carbocycles. The number of hydrogen-bond donors (Lipinski definition) is 5. The van der Waals surface area contributed by atoms with Gasteiger partial charge in [0.2, 0.25) is 12.3 Å². The van der Waals surface area contributed by atoms with Gasteiger partial charge in [0.25, 0.3) is 0 Å². The first-order chi connectivity index (χ1) is 18.1. The number of esters is 1. The van der Waals surface area contributed by atoms with Crippen molar-refractivity contribution in [2.45, 2.75) is 68.8 Å². The minimum Gasteiger partial charge on any atom is -0.464 e. The van der Waals surface area contributed by atoms with Crippen LogP contribution in [0.1, 0.15) is 33.6 Å². The van der Waals surface area contributed by atoms with Crippen LogP contribution < -0.4 is 15.3 Å². The predicted octanol–water partition coefficient (Wildman–Crippen LogP) is 1.25. The molecule has 212 valence electrons. The molecule has 2 aliphatic heterocycles. The second-order valence-electron chi connectivity index (χ2n) is 8.93. The fraction of sp³-hybridized carbons (Fsp3) is 0.609. The normalized spacial score (nSPS) is 27.6. The van der Waals surface area contributed by atoms with Crippen LogP contribution in [0.5, 0.6) is 5.75 Å². The van der Waals surface area contributed by atoms with E-state index in [4.69, 9.17) is 19.5 Å². The Hall–Kier alpha value is -2.19. The Morgan fingerprint density at radius 3 is 2.53 bits per heavy atom. The molecule has 3 rings (SSSR count). The third kappa shape index (κ3) is 7.92. The van der Waals surface area contributed by atoms with Gasteiger partial charge in [0.05, 0.1) is 30.9 Å². The molecule has 1 saturated heterocycles. The van der Waals surface area contributed by atoms with Crippen molar-refractivity contribution in [3.05, 3.63) is 30.3 Å². The van der Waals surface area contributed by atoms with Crippen molar-refractivity contribution in [1.82, 2.24) is 9.99 Å². The number of nitrogens with one attached hydrogen (secondary N) is 1. The summed E-state index contributed by atoms with van der Waals surface area (Å²) in [5.74, 6) is -0.271. The zero-order chi connectivity index (χ0) is 27.9. The number of guanidine groups is 1. The quantitative estimate of drug-likeness (QED) is 0.168. The summed E-state index contributed by atoms with van der Waals surface area (Å²) < 4.78 is 30.4. The van der Waals surface area contributed by atoms with Crippen LogP contribution in [0.15, 0.2) is 40.3 Å². The maximum atomic E-state index is 13.7. The van der Waals surface area contributed by atoms with Crippen molar-refractivity contribution in [3.8, 4) is 5.75 Å². The average molecular weight is 574 g/mol. The highest BCUT2D eigenvalue weighted by Crippen LogP contribution is 2.47. The first-order valence-electron chi connectivity index (χ1n) is 12.3. The van der Waals surface area contributed by atoms with Gasteiger partial charge in [0, 0.05) is 0 Å². The van der Waals surface area contributed by atoms with E-state index in [1.807, 2.05) is 13.8 Å². The zero-order valence-corrected chi connectivity index (χ0v) is 23.2. The molecule has 7 atom stereocenters. The number of aliphatic hydroxyl groups excluding tert-OH is 3. The molecule has 2 heterocycles. The fourth-order valence-corrected chi connectivity index (χ4v) is 6.80. The van der Waals surface area contributed by atoms with Gasteiger partial charge in [0.15, 0.2) is 0 Å². The molecule has 3 unspecified atom stereocenters. The molecular weight excluding hydrogens is 537 g/mol. The molecule has 15 heteroatoms. The molecule has 1 aromatic rings. The van der Waals surface area contributed by atoms with E-state index in [2.05, 4.69) is 15.1 Å². The number of ether oxygens (including phenoxy) is 1. The summed E-state index contributed by atoms with van der Waals surface area (Å²) in [6, 6.07) is 7.26. The maximum Gasteiger partial charge on any atom is 0.459 e. The number of rotatable bonds is 13. The van der Waals surface area contributed by atoms with E-state index in [9.17, 15) is 24.7 Å². The first kappa shape index (κ1) is 30.4. The number of para-hydroxylation sites is 1. The Kier molecular flexibility index (Phi) is 11.0. The summed E-state index contributed by atoms with van der Waals surface area (Å²) in [4.78, 5) is 21.4. The Labute approximate surface area is 226 Å². The van der Waals surface area contributed by atoms with Gasteiger partial charge in [-0.15, -0.1) is 11.8 Å². The summed E-state index contributed by atoms with van der Waals surface area (Å²) in [6.07, 6.45) is -1.07. The van der Waals surface area contributed by atoms with Gasteiger partial charge >= 0.3 is 13.7 Å². The SMILES string of the molecule is CCC(CC)COC(=O)[C@H](C)NP(=O)(OC[C@H]1S[C@@H](N2C=NC(N)=NC2O)C(O)[C@H]1O)Oc1ccccc1. The van der Waals surface area contributed by atoms with Crippen molar-refractivity contribution in [2.24, 2.45) is 21.6 Å². The van der Waals surface area contributed by atoms with Gasteiger partial charge in [-0.1, -0.05) is 44.9 Å². The van der Waals surface area contributed by atoms with E-state index in [0.29, 0.717) is 0 Å². The van der Waals surface area contributed by atoms with E-state index < -0.39 is 48.9 Å². The smallest absolute Gasteiger partial charge is 0.459 e. The minimum atomic E-state index is -4.17. The average Bonchev–Trinajstić information content (AvgIpc) is 3.17. The lowest BCUT2D eigenvalue weighted by molar-refractivity contribution is -0.146. The Morgan fingerprint density at radius 1 is 1.21 bits per heavy atom. The summed E-state index contributed by atoms with van der Waals surface area (Å²) in [5.41, 5.74) is 5.48. The number of carbonyl (C=O) groups is 1.